The Hall–Kier alpha value is -0.414. The van der Waals surface area contributed by atoms with Gasteiger partial charge in [-0.05, 0) is 30.5 Å². The van der Waals surface area contributed by atoms with Crippen molar-refractivity contribution in [2.45, 2.75) is 114 Å². The van der Waals surface area contributed by atoms with Gasteiger partial charge in [0.25, 0.3) is 0 Å². The molecule has 1 atom stereocenters. The molecule has 36 heavy (non-hydrogen) atoms. The van der Waals surface area contributed by atoms with Gasteiger partial charge in [-0.2, -0.15) is 0 Å². The fourth-order valence-corrected chi connectivity index (χ4v) is 5.74. The maximum Gasteiger partial charge on any atom is 1.00 e. The van der Waals surface area contributed by atoms with Gasteiger partial charge >= 0.3 is 51.4 Å². The molecule has 1 heterocycles. The van der Waals surface area contributed by atoms with Crippen molar-refractivity contribution in [2.24, 2.45) is 0 Å². The predicted molar refractivity (Wildman–Crippen MR) is 145 cm³/mol. The number of nitrogens with one attached hydrogen (secondary N) is 1. The van der Waals surface area contributed by atoms with Gasteiger partial charge in [0.2, 0.25) is 0 Å². The van der Waals surface area contributed by atoms with E-state index in [9.17, 15) is 13.0 Å². The molecular weight excluding hydrogens is 495 g/mol. The van der Waals surface area contributed by atoms with E-state index in [0.29, 0.717) is 12.2 Å². The number of hydrogen-bond acceptors (Lipinski definition) is 5. The van der Waals surface area contributed by atoms with Crippen molar-refractivity contribution in [2.75, 3.05) is 10.2 Å². The standard InChI is InChI=1S/C29H44N2O3S.K/c1-2-3-4-5-6-7-8-9-10-11-12-13-17-23-28-30-29-26(21-18-22-27(29)35(32,33)34)31(28)24-25-19-15-14-16-20-25;/h14-16,18-22,28,30H,2-13,17,23-24H2,1H3,(H,32,33,34);/q;+1/p-1. The molecule has 7 heteroatoms. The molecule has 5 nitrogen and oxygen atoms in total. The summed E-state index contributed by atoms with van der Waals surface area (Å²) < 4.78 is 35.5. The molecule has 0 aromatic heterocycles. The first-order chi connectivity index (χ1) is 17.0. The average molecular weight is 539 g/mol. The number of unbranched alkanes of at least 4 members (excludes halogenated alkanes) is 12. The van der Waals surface area contributed by atoms with Crippen LogP contribution in [0.4, 0.5) is 11.4 Å². The van der Waals surface area contributed by atoms with Crippen molar-refractivity contribution in [3.8, 4) is 0 Å². The number of benzene rings is 2. The van der Waals surface area contributed by atoms with E-state index < -0.39 is 10.1 Å². The van der Waals surface area contributed by atoms with Crippen LogP contribution in [0.3, 0.4) is 0 Å². The van der Waals surface area contributed by atoms with Crippen LogP contribution in [0.15, 0.2) is 53.4 Å². The van der Waals surface area contributed by atoms with Crippen LogP contribution in [-0.2, 0) is 16.7 Å². The van der Waals surface area contributed by atoms with Gasteiger partial charge in [0, 0.05) is 6.54 Å². The fourth-order valence-electron chi connectivity index (χ4n) is 5.08. The molecule has 1 unspecified atom stereocenters. The van der Waals surface area contributed by atoms with Crippen LogP contribution in [0.25, 0.3) is 0 Å². The van der Waals surface area contributed by atoms with Crippen LogP contribution >= 0.6 is 0 Å². The van der Waals surface area contributed by atoms with E-state index >= 15 is 0 Å². The fraction of sp³-hybridized carbons (Fsp3) is 0.586. The number of anilines is 2. The summed E-state index contributed by atoms with van der Waals surface area (Å²) >= 11 is 0. The van der Waals surface area contributed by atoms with Crippen molar-refractivity contribution in [1.82, 2.24) is 0 Å². The Morgan fingerprint density at radius 2 is 1.33 bits per heavy atom. The quantitative estimate of drug-likeness (QED) is 0.177. The molecule has 0 radical (unpaired) electrons. The third-order valence-electron chi connectivity index (χ3n) is 7.05. The zero-order valence-corrected chi connectivity index (χ0v) is 26.3. The summed E-state index contributed by atoms with van der Waals surface area (Å²) in [6.45, 7) is 2.94. The van der Waals surface area contributed by atoms with Crippen molar-refractivity contribution >= 4 is 21.5 Å². The minimum Gasteiger partial charge on any atom is -0.744 e. The normalized spacial score (nSPS) is 14.8. The molecule has 0 spiro atoms. The summed E-state index contributed by atoms with van der Waals surface area (Å²) in [7, 11) is -4.54. The average Bonchev–Trinajstić information content (AvgIpc) is 3.19. The zero-order valence-electron chi connectivity index (χ0n) is 22.4. The molecule has 1 aliphatic heterocycles. The second-order valence-electron chi connectivity index (χ2n) is 9.91. The van der Waals surface area contributed by atoms with E-state index in [-0.39, 0.29) is 62.4 Å². The van der Waals surface area contributed by atoms with Crippen LogP contribution in [0, 0.1) is 0 Å². The maximum absolute atomic E-state index is 11.8. The van der Waals surface area contributed by atoms with Crippen LogP contribution in [0.1, 0.15) is 102 Å². The first-order valence-electron chi connectivity index (χ1n) is 13.7. The molecule has 2 aromatic carbocycles. The van der Waals surface area contributed by atoms with Gasteiger partial charge in [-0.25, -0.2) is 8.42 Å². The molecule has 0 aliphatic carbocycles. The molecular formula is C29H43KN2O3S. The molecule has 0 bridgehead atoms. The Morgan fingerprint density at radius 1 is 0.778 bits per heavy atom. The van der Waals surface area contributed by atoms with E-state index in [2.05, 4.69) is 29.3 Å². The van der Waals surface area contributed by atoms with Gasteiger partial charge in [-0.3, -0.25) is 0 Å². The number of rotatable bonds is 17. The topological polar surface area (TPSA) is 72.5 Å². The summed E-state index contributed by atoms with van der Waals surface area (Å²) in [4.78, 5) is 2.06. The second-order valence-corrected chi connectivity index (χ2v) is 11.3. The first kappa shape index (κ1) is 31.8. The van der Waals surface area contributed by atoms with Gasteiger partial charge in [-0.1, -0.05) is 120 Å². The molecule has 0 saturated heterocycles. The summed E-state index contributed by atoms with van der Waals surface area (Å²) in [5.41, 5.74) is 2.41. The van der Waals surface area contributed by atoms with Gasteiger partial charge in [0.05, 0.1) is 22.4 Å². The van der Waals surface area contributed by atoms with Crippen molar-refractivity contribution < 1.29 is 64.4 Å². The van der Waals surface area contributed by atoms with Gasteiger partial charge in [0.1, 0.15) is 10.1 Å². The van der Waals surface area contributed by atoms with E-state index in [1.807, 2.05) is 24.3 Å². The number of hydrogen-bond donors (Lipinski definition) is 1. The van der Waals surface area contributed by atoms with Gasteiger partial charge in [0.15, 0.2) is 0 Å². The number of nitrogens with zero attached hydrogens (tertiary/aromatic N) is 1. The Kier molecular flexibility index (Phi) is 15.2. The van der Waals surface area contributed by atoms with E-state index in [1.54, 1.807) is 6.07 Å². The molecule has 1 aliphatic rings. The maximum atomic E-state index is 11.8. The third-order valence-corrected chi connectivity index (χ3v) is 7.93. The Labute approximate surface area is 262 Å². The molecule has 2 aromatic rings. The summed E-state index contributed by atoms with van der Waals surface area (Å²) in [5.74, 6) is 0. The smallest absolute Gasteiger partial charge is 0.744 e. The van der Waals surface area contributed by atoms with E-state index in [1.165, 1.54) is 83.1 Å². The first-order valence-corrected chi connectivity index (χ1v) is 15.1. The monoisotopic (exact) mass is 538 g/mol. The molecule has 3 rings (SSSR count). The zero-order chi connectivity index (χ0) is 24.9. The number of fused-ring (bicyclic) bond motifs is 1. The van der Waals surface area contributed by atoms with Crippen molar-refractivity contribution in [1.29, 1.82) is 0 Å². The molecule has 1 N–H and O–H groups in total. The SMILES string of the molecule is CCCCCCCCCCCCCCCC1Nc2c(cccc2S(=O)(=O)[O-])N1Cc1ccccc1.[K+]. The second kappa shape index (κ2) is 17.2. The molecule has 194 valence electrons. The summed E-state index contributed by atoms with van der Waals surface area (Å²) in [6.07, 6.45) is 18.0. The van der Waals surface area contributed by atoms with Crippen LogP contribution in [-0.4, -0.2) is 19.1 Å². The van der Waals surface area contributed by atoms with Crippen molar-refractivity contribution in [3.05, 3.63) is 54.1 Å². The van der Waals surface area contributed by atoms with E-state index in [0.717, 1.165) is 24.1 Å². The van der Waals surface area contributed by atoms with E-state index in [4.69, 9.17) is 0 Å². The largest absolute Gasteiger partial charge is 1.00 e. The molecule has 0 amide bonds. The van der Waals surface area contributed by atoms with Crippen LogP contribution in [0.5, 0.6) is 0 Å². The van der Waals surface area contributed by atoms with Gasteiger partial charge < -0.3 is 14.8 Å². The molecule has 0 saturated carbocycles. The number of para-hydroxylation sites is 1. The Balaban J connectivity index is 0.00000456. The minimum absolute atomic E-state index is 0. The molecule has 0 fully saturated rings. The third kappa shape index (κ3) is 10.4. The van der Waals surface area contributed by atoms with Crippen LogP contribution < -0.4 is 61.6 Å². The Morgan fingerprint density at radius 3 is 1.89 bits per heavy atom. The van der Waals surface area contributed by atoms with Gasteiger partial charge in [-0.15, -0.1) is 0 Å². The van der Waals surface area contributed by atoms with Crippen LogP contribution in [0.2, 0.25) is 0 Å². The summed E-state index contributed by atoms with van der Waals surface area (Å²) in [6, 6.07) is 15.2. The van der Waals surface area contributed by atoms with Crippen molar-refractivity contribution in [3.63, 3.8) is 0 Å². The predicted octanol–water partition coefficient (Wildman–Crippen LogP) is 4.83. The minimum atomic E-state index is -4.54. The Bertz CT molecular complexity index is 985. The summed E-state index contributed by atoms with van der Waals surface area (Å²) in [5, 5.41) is 3.37.